The number of hydrogen-bond donors (Lipinski definition) is 2. The number of aromatic nitrogens is 3. The Morgan fingerprint density at radius 2 is 1.63 bits per heavy atom. The summed E-state index contributed by atoms with van der Waals surface area (Å²) in [5.41, 5.74) is 3.52. The molecule has 5 rings (SSSR count). The molecule has 0 radical (unpaired) electrons. The predicted octanol–water partition coefficient (Wildman–Crippen LogP) is 4.30. The van der Waals surface area contributed by atoms with Gasteiger partial charge in [-0.1, -0.05) is 48.5 Å². The number of primary sulfonamides is 1. The van der Waals surface area contributed by atoms with Crippen LogP contribution in [0.5, 0.6) is 0 Å². The summed E-state index contributed by atoms with van der Waals surface area (Å²) in [5, 5.41) is 13.7. The number of rotatable bonds is 5. The molecule has 0 aliphatic heterocycles. The van der Waals surface area contributed by atoms with Crippen molar-refractivity contribution in [1.82, 2.24) is 14.8 Å². The molecule has 2 heterocycles. The van der Waals surface area contributed by atoms with Gasteiger partial charge in [-0.05, 0) is 55.0 Å². The van der Waals surface area contributed by atoms with Crippen molar-refractivity contribution in [3.05, 3.63) is 102 Å². The average Bonchev–Trinajstić information content (AvgIpc) is 3.25. The van der Waals surface area contributed by atoms with E-state index in [0.717, 1.165) is 10.9 Å². The van der Waals surface area contributed by atoms with Crippen molar-refractivity contribution in [3.63, 3.8) is 0 Å². The second-order valence-electron chi connectivity index (χ2n) is 8.02. The van der Waals surface area contributed by atoms with Gasteiger partial charge in [-0.3, -0.25) is 4.79 Å². The van der Waals surface area contributed by atoms with Gasteiger partial charge in [-0.25, -0.2) is 23.2 Å². The molecule has 2 aromatic heterocycles. The summed E-state index contributed by atoms with van der Waals surface area (Å²) in [6.45, 7) is 1.81. The van der Waals surface area contributed by atoms with Crippen molar-refractivity contribution in [2.24, 2.45) is 5.14 Å². The number of para-hydroxylation sites is 1. The molecule has 0 unspecified atom stereocenters. The Bertz CT molecular complexity index is 1680. The third kappa shape index (κ3) is 4.54. The van der Waals surface area contributed by atoms with Crippen LogP contribution in [0.1, 0.15) is 16.2 Å². The summed E-state index contributed by atoms with van der Waals surface area (Å²) < 4.78 is 25.4. The molecule has 0 aliphatic rings. The van der Waals surface area contributed by atoms with Gasteiger partial charge >= 0.3 is 0 Å². The molecule has 0 saturated heterocycles. The molecule has 8 nitrogen and oxygen atoms in total. The van der Waals surface area contributed by atoms with Crippen LogP contribution >= 0.6 is 0 Å². The minimum Gasteiger partial charge on any atom is -0.321 e. The monoisotopic (exact) mass is 483 g/mol. The van der Waals surface area contributed by atoms with E-state index in [2.05, 4.69) is 15.4 Å². The fraction of sp³-hybridized carbons (Fsp3) is 0.0385. The zero-order valence-corrected chi connectivity index (χ0v) is 19.5. The van der Waals surface area contributed by atoms with Crippen molar-refractivity contribution < 1.29 is 13.2 Å². The Hall–Kier alpha value is -4.34. The van der Waals surface area contributed by atoms with Crippen LogP contribution in [0.25, 0.3) is 27.8 Å². The van der Waals surface area contributed by atoms with E-state index in [4.69, 9.17) is 5.14 Å². The van der Waals surface area contributed by atoms with Gasteiger partial charge in [0.05, 0.1) is 16.1 Å². The van der Waals surface area contributed by atoms with Gasteiger partial charge in [-0.2, -0.15) is 5.10 Å². The average molecular weight is 484 g/mol. The summed E-state index contributed by atoms with van der Waals surface area (Å²) in [6, 6.07) is 26.6. The lowest BCUT2D eigenvalue weighted by Gasteiger charge is -2.11. The van der Waals surface area contributed by atoms with E-state index in [1.165, 1.54) is 10.7 Å². The number of aryl methyl sites for hydroxylation is 1. The lowest BCUT2D eigenvalue weighted by molar-refractivity contribution is 0.101. The number of nitrogens with zero attached hydrogens (tertiary/aromatic N) is 3. The van der Waals surface area contributed by atoms with Crippen molar-refractivity contribution in [2.75, 3.05) is 5.32 Å². The first-order valence-corrected chi connectivity index (χ1v) is 12.3. The van der Waals surface area contributed by atoms with Gasteiger partial charge in [0.15, 0.2) is 5.82 Å². The molecule has 1 amide bonds. The normalized spacial score (nSPS) is 11.5. The lowest BCUT2D eigenvalue weighted by atomic mass is 10.1. The van der Waals surface area contributed by atoms with Gasteiger partial charge in [0.25, 0.3) is 5.91 Å². The fourth-order valence-corrected chi connectivity index (χ4v) is 4.65. The smallest absolute Gasteiger partial charge is 0.274 e. The minimum atomic E-state index is -3.87. The number of carbonyl (C=O) groups excluding carboxylic acids is 1. The van der Waals surface area contributed by atoms with E-state index in [9.17, 15) is 13.2 Å². The van der Waals surface area contributed by atoms with Crippen LogP contribution in [0.3, 0.4) is 0 Å². The van der Waals surface area contributed by atoms with Crippen LogP contribution < -0.4 is 10.5 Å². The molecule has 3 aromatic carbocycles. The van der Waals surface area contributed by atoms with Crippen LogP contribution in [-0.4, -0.2) is 29.1 Å². The number of nitrogens with one attached hydrogen (secondary N) is 1. The highest BCUT2D eigenvalue weighted by atomic mass is 32.2. The largest absolute Gasteiger partial charge is 0.321 e. The summed E-state index contributed by atoms with van der Waals surface area (Å²) in [6.07, 6.45) is 0. The minimum absolute atomic E-state index is 0.0408. The Labute approximate surface area is 202 Å². The Morgan fingerprint density at radius 1 is 0.914 bits per heavy atom. The van der Waals surface area contributed by atoms with E-state index < -0.39 is 10.0 Å². The number of pyridine rings is 1. The highest BCUT2D eigenvalue weighted by molar-refractivity contribution is 7.89. The Kier molecular flexibility index (Phi) is 5.64. The van der Waals surface area contributed by atoms with Crippen LogP contribution in [0, 0.1) is 6.92 Å². The summed E-state index contributed by atoms with van der Waals surface area (Å²) >= 11 is 0. The van der Waals surface area contributed by atoms with Gasteiger partial charge < -0.3 is 5.32 Å². The van der Waals surface area contributed by atoms with Crippen molar-refractivity contribution in [2.45, 2.75) is 11.8 Å². The predicted molar refractivity (Wildman–Crippen MR) is 135 cm³/mol. The highest BCUT2D eigenvalue weighted by Crippen LogP contribution is 2.28. The quantitative estimate of drug-likeness (QED) is 0.386. The van der Waals surface area contributed by atoms with E-state index >= 15 is 0 Å². The molecule has 0 fully saturated rings. The number of nitrogens with two attached hydrogens (primary N) is 1. The molecule has 35 heavy (non-hydrogen) atoms. The van der Waals surface area contributed by atoms with E-state index in [0.29, 0.717) is 34.0 Å². The molecule has 0 aliphatic carbocycles. The molecular formula is C26H21N5O3S. The Balaban J connectivity index is 1.42. The molecule has 5 aromatic rings. The molecule has 0 bridgehead atoms. The SMILES string of the molecule is Cc1cc(C(=O)Nc2ccc(-c3ccccc3S(N)(=O)=O)cc2)n(-c2ccc3ccccc3n2)n1. The number of sulfonamides is 1. The molecule has 174 valence electrons. The van der Waals surface area contributed by atoms with Gasteiger partial charge in [0.2, 0.25) is 10.0 Å². The number of benzene rings is 3. The number of amides is 1. The zero-order chi connectivity index (χ0) is 24.6. The first-order chi connectivity index (χ1) is 16.8. The number of anilines is 1. The first kappa shape index (κ1) is 22.5. The second-order valence-corrected chi connectivity index (χ2v) is 9.55. The molecule has 0 spiro atoms. The van der Waals surface area contributed by atoms with Gasteiger partial charge in [-0.15, -0.1) is 0 Å². The number of hydrogen-bond acceptors (Lipinski definition) is 5. The molecule has 9 heteroatoms. The van der Waals surface area contributed by atoms with Gasteiger partial charge in [0.1, 0.15) is 5.69 Å². The lowest BCUT2D eigenvalue weighted by Crippen LogP contribution is -2.17. The molecule has 3 N–H and O–H groups in total. The second kappa shape index (κ2) is 8.79. The number of carbonyl (C=O) groups is 1. The third-order valence-corrected chi connectivity index (χ3v) is 6.48. The third-order valence-electron chi connectivity index (χ3n) is 5.51. The standard InChI is InChI=1S/C26H21N5O3S/c1-17-16-23(31(30-17)25-15-12-19-6-2-4-8-22(19)29-25)26(32)28-20-13-10-18(11-14-20)21-7-3-5-9-24(21)35(27,33)34/h2-16H,1H3,(H,28,32)(H2,27,33,34). The maximum atomic E-state index is 13.1. The molecule has 0 saturated carbocycles. The van der Waals surface area contributed by atoms with Crippen molar-refractivity contribution >= 4 is 32.5 Å². The summed E-state index contributed by atoms with van der Waals surface area (Å²) in [4.78, 5) is 17.8. The van der Waals surface area contributed by atoms with Crippen LogP contribution in [0.2, 0.25) is 0 Å². The Morgan fingerprint density at radius 3 is 2.40 bits per heavy atom. The zero-order valence-electron chi connectivity index (χ0n) is 18.7. The highest BCUT2D eigenvalue weighted by Gasteiger charge is 2.18. The fourth-order valence-electron chi connectivity index (χ4n) is 3.89. The van der Waals surface area contributed by atoms with E-state index in [1.54, 1.807) is 48.5 Å². The first-order valence-electron chi connectivity index (χ1n) is 10.8. The number of fused-ring (bicyclic) bond motifs is 1. The van der Waals surface area contributed by atoms with Crippen molar-refractivity contribution in [3.8, 4) is 16.9 Å². The maximum absolute atomic E-state index is 13.1. The van der Waals surface area contributed by atoms with Gasteiger partial charge in [0, 0.05) is 16.6 Å². The summed E-state index contributed by atoms with van der Waals surface area (Å²) in [7, 11) is -3.87. The topological polar surface area (TPSA) is 120 Å². The van der Waals surface area contributed by atoms with Crippen LogP contribution in [0.15, 0.2) is 95.9 Å². The van der Waals surface area contributed by atoms with Crippen molar-refractivity contribution in [1.29, 1.82) is 0 Å². The van der Waals surface area contributed by atoms with Crippen LogP contribution in [0.4, 0.5) is 5.69 Å². The molecular weight excluding hydrogens is 462 g/mol. The van der Waals surface area contributed by atoms with E-state index in [-0.39, 0.29) is 10.8 Å². The maximum Gasteiger partial charge on any atom is 0.274 e. The summed E-state index contributed by atoms with van der Waals surface area (Å²) in [5.74, 6) is 0.190. The van der Waals surface area contributed by atoms with E-state index in [1.807, 2.05) is 43.3 Å². The molecule has 0 atom stereocenters. The van der Waals surface area contributed by atoms with Crippen LogP contribution in [-0.2, 0) is 10.0 Å².